The number of aliphatic hydroxyl groups is 1. The third-order valence-electron chi connectivity index (χ3n) is 5.69. The monoisotopic (exact) mass is 581 g/mol. The first kappa shape index (κ1) is 28.5. The molecule has 39 heavy (non-hydrogen) atoms. The van der Waals surface area contributed by atoms with E-state index in [9.17, 15) is 14.7 Å². The zero-order valence-corrected chi connectivity index (χ0v) is 23.8. The highest BCUT2D eigenvalue weighted by atomic mass is 35.5. The highest BCUT2D eigenvalue weighted by Crippen LogP contribution is 2.41. The molecule has 0 saturated heterocycles. The summed E-state index contributed by atoms with van der Waals surface area (Å²) in [5.41, 5.74) is 3.84. The maximum absolute atomic E-state index is 12.8. The molecule has 9 heteroatoms. The fourth-order valence-corrected chi connectivity index (χ4v) is 5.26. The van der Waals surface area contributed by atoms with Gasteiger partial charge in [-0.05, 0) is 62.2 Å². The Kier molecular flexibility index (Phi) is 9.17. The van der Waals surface area contributed by atoms with Crippen molar-refractivity contribution in [1.82, 2.24) is 0 Å². The quantitative estimate of drug-likeness (QED) is 0.285. The number of carbonyl (C=O) groups is 2. The van der Waals surface area contributed by atoms with Gasteiger partial charge < -0.3 is 14.6 Å². The molecule has 3 aromatic rings. The lowest BCUT2D eigenvalue weighted by molar-refractivity contribution is -0.138. The molecule has 0 aromatic heterocycles. The van der Waals surface area contributed by atoms with Crippen molar-refractivity contribution in [2.45, 2.75) is 27.4 Å². The second-order valence-electron chi connectivity index (χ2n) is 8.73. The van der Waals surface area contributed by atoms with E-state index in [1.54, 1.807) is 49.4 Å². The van der Waals surface area contributed by atoms with Crippen molar-refractivity contribution >= 4 is 58.0 Å². The Hall–Kier alpha value is -3.52. The zero-order valence-electron chi connectivity index (χ0n) is 21.5. The van der Waals surface area contributed by atoms with Crippen molar-refractivity contribution in [2.24, 2.45) is 4.99 Å². The lowest BCUT2D eigenvalue weighted by Crippen LogP contribution is -2.14. The molecule has 0 fully saturated rings. The van der Waals surface area contributed by atoms with Crippen LogP contribution in [0.1, 0.15) is 39.5 Å². The highest BCUT2D eigenvalue weighted by molar-refractivity contribution is 8.18. The van der Waals surface area contributed by atoms with Gasteiger partial charge in [-0.1, -0.05) is 82.5 Å². The van der Waals surface area contributed by atoms with Crippen molar-refractivity contribution in [3.05, 3.63) is 115 Å². The van der Waals surface area contributed by atoms with Crippen LogP contribution in [-0.2, 0) is 16.1 Å². The van der Waals surface area contributed by atoms with Gasteiger partial charge in [0.05, 0.1) is 21.6 Å². The van der Waals surface area contributed by atoms with E-state index in [1.807, 2.05) is 38.1 Å². The molecule has 6 nitrogen and oxygen atoms in total. The molecule has 1 heterocycles. The lowest BCUT2D eigenvalue weighted by Gasteiger charge is -2.11. The van der Waals surface area contributed by atoms with Crippen LogP contribution >= 0.6 is 35.0 Å². The van der Waals surface area contributed by atoms with Crippen LogP contribution in [0.5, 0.6) is 5.75 Å². The molecule has 1 N–H and O–H groups in total. The van der Waals surface area contributed by atoms with Gasteiger partial charge in [0.1, 0.15) is 23.0 Å². The molecule has 1 aliphatic rings. The van der Waals surface area contributed by atoms with E-state index in [0.29, 0.717) is 16.9 Å². The minimum atomic E-state index is -0.780. The van der Waals surface area contributed by atoms with Gasteiger partial charge in [0.15, 0.2) is 5.75 Å². The largest absolute Gasteiger partial charge is 0.506 e. The van der Waals surface area contributed by atoms with Gasteiger partial charge in [-0.25, -0.2) is 9.79 Å². The van der Waals surface area contributed by atoms with Crippen LogP contribution in [0.4, 0.5) is 0 Å². The van der Waals surface area contributed by atoms with Gasteiger partial charge in [-0.3, -0.25) is 4.79 Å². The molecule has 0 unspecified atom stereocenters. The SMILES string of the molecule is CCOC(=O)C1=C(O)/C(=C/c2cc(Cl)c(OCc3ccc(C)cc3)c(Cl)c2)SC1=NC(=O)c1ccc(C)cc1. The zero-order chi connectivity index (χ0) is 28.1. The molecule has 4 rings (SSSR count). The number of hydrogen-bond acceptors (Lipinski definition) is 6. The average molecular weight is 583 g/mol. The van der Waals surface area contributed by atoms with Gasteiger partial charge in [0.2, 0.25) is 0 Å². The molecular weight excluding hydrogens is 557 g/mol. The smallest absolute Gasteiger partial charge is 0.344 e. The minimum Gasteiger partial charge on any atom is -0.506 e. The first-order valence-corrected chi connectivity index (χ1v) is 13.6. The second-order valence-corrected chi connectivity index (χ2v) is 10.6. The summed E-state index contributed by atoms with van der Waals surface area (Å²) >= 11 is 13.9. The van der Waals surface area contributed by atoms with E-state index >= 15 is 0 Å². The summed E-state index contributed by atoms with van der Waals surface area (Å²) in [5, 5.41) is 11.5. The summed E-state index contributed by atoms with van der Waals surface area (Å²) in [6, 6.07) is 18.1. The molecule has 0 saturated carbocycles. The fourth-order valence-electron chi connectivity index (χ4n) is 3.64. The molecule has 0 spiro atoms. The van der Waals surface area contributed by atoms with E-state index in [0.717, 1.165) is 28.5 Å². The molecule has 0 radical (unpaired) electrons. The Labute approximate surface area is 241 Å². The first-order chi connectivity index (χ1) is 18.7. The Morgan fingerprint density at radius 3 is 2.15 bits per heavy atom. The van der Waals surface area contributed by atoms with Crippen molar-refractivity contribution < 1.29 is 24.2 Å². The molecule has 0 atom stereocenters. The summed E-state index contributed by atoms with van der Waals surface area (Å²) in [4.78, 5) is 29.9. The number of rotatable bonds is 7. The minimum absolute atomic E-state index is 0.0398. The standard InChI is InChI=1S/C30H25Cl2NO5S/c1-4-37-30(36)25-26(34)24(39-29(25)33-28(35)21-11-7-18(3)8-12-21)15-20-13-22(31)27(23(32)14-20)38-16-19-9-5-17(2)6-10-19/h5-15,34H,4,16H2,1-3H3/b24-15-,33-29?. The maximum Gasteiger partial charge on any atom is 0.344 e. The van der Waals surface area contributed by atoms with Crippen molar-refractivity contribution in [1.29, 1.82) is 0 Å². The Bertz CT molecular complexity index is 1490. The van der Waals surface area contributed by atoms with E-state index in [1.165, 1.54) is 0 Å². The Balaban J connectivity index is 1.62. The van der Waals surface area contributed by atoms with Crippen LogP contribution in [0.25, 0.3) is 6.08 Å². The predicted molar refractivity (Wildman–Crippen MR) is 157 cm³/mol. The predicted octanol–water partition coefficient (Wildman–Crippen LogP) is 7.89. The first-order valence-electron chi connectivity index (χ1n) is 12.0. The molecule has 1 amide bonds. The van der Waals surface area contributed by atoms with Gasteiger partial charge in [0, 0.05) is 5.56 Å². The van der Waals surface area contributed by atoms with E-state index in [4.69, 9.17) is 32.7 Å². The Morgan fingerprint density at radius 1 is 0.974 bits per heavy atom. The molecule has 0 aliphatic carbocycles. The number of carbonyl (C=O) groups excluding carboxylic acids is 2. The molecule has 0 bridgehead atoms. The number of aliphatic hydroxyl groups excluding tert-OH is 1. The lowest BCUT2D eigenvalue weighted by atomic mass is 10.1. The number of ether oxygens (including phenoxy) is 2. The summed E-state index contributed by atoms with van der Waals surface area (Å²) < 4.78 is 11.0. The number of nitrogens with zero attached hydrogens (tertiary/aromatic N) is 1. The average Bonchev–Trinajstić information content (AvgIpc) is 3.19. The van der Waals surface area contributed by atoms with Crippen molar-refractivity contribution in [2.75, 3.05) is 6.61 Å². The van der Waals surface area contributed by atoms with Crippen LogP contribution in [0.2, 0.25) is 10.0 Å². The third kappa shape index (κ3) is 6.92. The van der Waals surface area contributed by atoms with Crippen molar-refractivity contribution in [3.8, 4) is 5.75 Å². The normalized spacial score (nSPS) is 15.2. The number of thioether (sulfide) groups is 1. The second kappa shape index (κ2) is 12.6. The van der Waals surface area contributed by atoms with Crippen LogP contribution in [0.3, 0.4) is 0 Å². The van der Waals surface area contributed by atoms with Crippen LogP contribution in [0, 0.1) is 13.8 Å². The highest BCUT2D eigenvalue weighted by Gasteiger charge is 2.34. The van der Waals surface area contributed by atoms with Gasteiger partial charge in [-0.15, -0.1) is 0 Å². The maximum atomic E-state index is 12.8. The van der Waals surface area contributed by atoms with Gasteiger partial charge in [0.25, 0.3) is 5.91 Å². The fraction of sp³-hybridized carbons (Fsp3) is 0.167. The number of amides is 1. The summed E-state index contributed by atoms with van der Waals surface area (Å²) in [5.74, 6) is -1.34. The summed E-state index contributed by atoms with van der Waals surface area (Å²) in [7, 11) is 0. The number of halogens is 2. The number of esters is 1. The Morgan fingerprint density at radius 2 is 1.56 bits per heavy atom. The number of benzene rings is 3. The topological polar surface area (TPSA) is 85.2 Å². The molecular formula is C30H25Cl2NO5S. The van der Waals surface area contributed by atoms with E-state index < -0.39 is 11.9 Å². The van der Waals surface area contributed by atoms with Gasteiger partial charge in [-0.2, -0.15) is 0 Å². The van der Waals surface area contributed by atoms with Crippen LogP contribution in [0.15, 0.2) is 81.9 Å². The van der Waals surface area contributed by atoms with Crippen molar-refractivity contribution in [3.63, 3.8) is 0 Å². The van der Waals surface area contributed by atoms with Crippen LogP contribution in [-0.4, -0.2) is 28.6 Å². The third-order valence-corrected chi connectivity index (χ3v) is 7.28. The van der Waals surface area contributed by atoms with E-state index in [-0.39, 0.29) is 44.5 Å². The number of hydrogen-bond donors (Lipinski definition) is 1. The number of aliphatic imine (C=N–C) groups is 1. The molecule has 1 aliphatic heterocycles. The summed E-state index contributed by atoms with van der Waals surface area (Å²) in [6.07, 6.45) is 1.60. The molecule has 200 valence electrons. The van der Waals surface area contributed by atoms with Crippen LogP contribution < -0.4 is 4.74 Å². The van der Waals surface area contributed by atoms with Gasteiger partial charge >= 0.3 is 5.97 Å². The number of aryl methyl sites for hydroxylation is 2. The van der Waals surface area contributed by atoms with E-state index in [2.05, 4.69) is 4.99 Å². The summed E-state index contributed by atoms with van der Waals surface area (Å²) in [6.45, 7) is 5.94. The molecule has 3 aromatic carbocycles.